The maximum absolute atomic E-state index is 11.0. The van der Waals surface area contributed by atoms with Gasteiger partial charge in [0.15, 0.2) is 0 Å². The zero-order valence-corrected chi connectivity index (χ0v) is 12.2. The molecule has 0 bridgehead atoms. The molecule has 0 aliphatic rings. The molecule has 0 heterocycles. The minimum absolute atomic E-state index is 0.0271. The number of benzene rings is 1. The molecule has 0 aliphatic carbocycles. The van der Waals surface area contributed by atoms with Gasteiger partial charge in [0.25, 0.3) is 0 Å². The fourth-order valence-electron chi connectivity index (χ4n) is 1.95. The van der Waals surface area contributed by atoms with E-state index in [-0.39, 0.29) is 11.3 Å². The summed E-state index contributed by atoms with van der Waals surface area (Å²) in [7, 11) is 0. The number of nitrogens with one attached hydrogen (secondary N) is 1. The Kier molecular flexibility index (Phi) is 4.94. The third-order valence-corrected chi connectivity index (χ3v) is 3.65. The van der Waals surface area contributed by atoms with Crippen LogP contribution in [0.25, 0.3) is 0 Å². The summed E-state index contributed by atoms with van der Waals surface area (Å²) in [6.07, 6.45) is 1.16. The van der Waals surface area contributed by atoms with Gasteiger partial charge in [-0.3, -0.25) is 4.79 Å². The summed E-state index contributed by atoms with van der Waals surface area (Å²) in [6, 6.07) is 8.78. The Balaban J connectivity index is 2.80. The Morgan fingerprint density at radius 1 is 1.28 bits per heavy atom. The first-order valence-electron chi connectivity index (χ1n) is 6.71. The summed E-state index contributed by atoms with van der Waals surface area (Å²) < 4.78 is 0. The van der Waals surface area contributed by atoms with Gasteiger partial charge >= 0.3 is 0 Å². The second kappa shape index (κ2) is 6.03. The molecule has 0 radical (unpaired) electrons. The van der Waals surface area contributed by atoms with E-state index in [0.717, 1.165) is 6.42 Å². The van der Waals surface area contributed by atoms with Crippen molar-refractivity contribution in [2.24, 2.45) is 0 Å². The van der Waals surface area contributed by atoms with Crippen molar-refractivity contribution in [3.05, 3.63) is 35.4 Å². The summed E-state index contributed by atoms with van der Waals surface area (Å²) in [5.41, 5.74) is 2.62. The summed E-state index contributed by atoms with van der Waals surface area (Å²) in [6.45, 7) is 11.0. The first kappa shape index (κ1) is 14.7. The van der Waals surface area contributed by atoms with Crippen LogP contribution in [0, 0.1) is 0 Å². The van der Waals surface area contributed by atoms with Gasteiger partial charge in [-0.25, -0.2) is 0 Å². The van der Waals surface area contributed by atoms with Gasteiger partial charge < -0.3 is 5.32 Å². The maximum Gasteiger partial charge on any atom is 0.216 e. The third-order valence-electron chi connectivity index (χ3n) is 3.65. The molecule has 1 N–H and O–H groups in total. The molecule has 0 spiro atoms. The average molecular weight is 247 g/mol. The van der Waals surface area contributed by atoms with Crippen molar-refractivity contribution >= 4 is 5.91 Å². The van der Waals surface area contributed by atoms with Crippen molar-refractivity contribution in [1.82, 2.24) is 5.32 Å². The van der Waals surface area contributed by atoms with Gasteiger partial charge in [-0.15, -0.1) is 0 Å². The summed E-state index contributed by atoms with van der Waals surface area (Å²) >= 11 is 0. The van der Waals surface area contributed by atoms with Crippen molar-refractivity contribution in [3.63, 3.8) is 0 Å². The van der Waals surface area contributed by atoms with Crippen LogP contribution in [-0.4, -0.2) is 12.5 Å². The van der Waals surface area contributed by atoms with Gasteiger partial charge in [0.05, 0.1) is 0 Å². The summed E-state index contributed by atoms with van der Waals surface area (Å²) in [4.78, 5) is 11.0. The zero-order valence-electron chi connectivity index (χ0n) is 12.2. The van der Waals surface area contributed by atoms with Crippen LogP contribution in [0.5, 0.6) is 0 Å². The number of rotatable bonds is 5. The molecule has 0 fully saturated rings. The first-order chi connectivity index (χ1) is 8.36. The lowest BCUT2D eigenvalue weighted by atomic mass is 9.83. The van der Waals surface area contributed by atoms with Gasteiger partial charge in [0.2, 0.25) is 5.91 Å². The molecule has 0 saturated carbocycles. The number of carbonyl (C=O) groups is 1. The first-order valence-corrected chi connectivity index (χ1v) is 6.71. The molecule has 0 saturated heterocycles. The fraction of sp³-hybridized carbons (Fsp3) is 0.562. The van der Waals surface area contributed by atoms with Crippen molar-refractivity contribution < 1.29 is 4.79 Å². The number of amides is 1. The van der Waals surface area contributed by atoms with E-state index in [0.29, 0.717) is 12.5 Å². The zero-order chi connectivity index (χ0) is 13.8. The molecule has 2 heteroatoms. The Bertz CT molecular complexity index is 392. The largest absolute Gasteiger partial charge is 0.355 e. The average Bonchev–Trinajstić information content (AvgIpc) is 2.36. The van der Waals surface area contributed by atoms with Crippen molar-refractivity contribution in [2.45, 2.75) is 52.4 Å². The normalized spacial score (nSPS) is 13.2. The van der Waals surface area contributed by atoms with E-state index in [1.54, 1.807) is 6.92 Å². The number of carbonyl (C=O) groups excluding carboxylic acids is 1. The Labute approximate surface area is 111 Å². The SMILES string of the molecule is CCC(C)c1ccc(C(C)(C)CNC(C)=O)cc1. The fourth-order valence-corrected chi connectivity index (χ4v) is 1.95. The maximum atomic E-state index is 11.0. The van der Waals surface area contributed by atoms with Crippen LogP contribution in [-0.2, 0) is 10.2 Å². The lowest BCUT2D eigenvalue weighted by Gasteiger charge is -2.26. The van der Waals surface area contributed by atoms with E-state index in [1.165, 1.54) is 11.1 Å². The molecule has 0 aliphatic heterocycles. The Morgan fingerprint density at radius 3 is 2.28 bits per heavy atom. The smallest absolute Gasteiger partial charge is 0.216 e. The van der Waals surface area contributed by atoms with E-state index in [2.05, 4.69) is 57.3 Å². The predicted molar refractivity (Wildman–Crippen MR) is 76.9 cm³/mol. The Hall–Kier alpha value is -1.31. The highest BCUT2D eigenvalue weighted by Gasteiger charge is 2.20. The lowest BCUT2D eigenvalue weighted by molar-refractivity contribution is -0.119. The van der Waals surface area contributed by atoms with E-state index in [1.807, 2.05) is 0 Å². The molecule has 100 valence electrons. The van der Waals surface area contributed by atoms with Crippen LogP contribution in [0.1, 0.15) is 58.1 Å². The Morgan fingerprint density at radius 2 is 1.83 bits per heavy atom. The highest BCUT2D eigenvalue weighted by atomic mass is 16.1. The highest BCUT2D eigenvalue weighted by molar-refractivity contribution is 5.72. The van der Waals surface area contributed by atoms with Crippen LogP contribution in [0.4, 0.5) is 0 Å². The van der Waals surface area contributed by atoms with Crippen LogP contribution in [0.2, 0.25) is 0 Å². The predicted octanol–water partition coefficient (Wildman–Crippen LogP) is 3.61. The molecule has 1 aromatic rings. The standard InChI is InChI=1S/C16H25NO/c1-6-12(2)14-7-9-15(10-8-14)16(4,5)11-17-13(3)18/h7-10,12H,6,11H2,1-5H3,(H,17,18). The monoisotopic (exact) mass is 247 g/mol. The van der Waals surface area contributed by atoms with Crippen LogP contribution in [0.15, 0.2) is 24.3 Å². The van der Waals surface area contributed by atoms with Crippen molar-refractivity contribution in [3.8, 4) is 0 Å². The molecule has 18 heavy (non-hydrogen) atoms. The molecule has 0 aromatic heterocycles. The molecule has 2 nitrogen and oxygen atoms in total. The molecular formula is C16H25NO. The third kappa shape index (κ3) is 3.86. The van der Waals surface area contributed by atoms with Gasteiger partial charge in [0.1, 0.15) is 0 Å². The molecule has 1 atom stereocenters. The second-order valence-corrected chi connectivity index (χ2v) is 5.72. The number of hydrogen-bond donors (Lipinski definition) is 1. The molecule has 1 rings (SSSR count). The van der Waals surface area contributed by atoms with E-state index < -0.39 is 0 Å². The summed E-state index contributed by atoms with van der Waals surface area (Å²) in [5.74, 6) is 0.636. The van der Waals surface area contributed by atoms with E-state index in [4.69, 9.17) is 0 Å². The molecular weight excluding hydrogens is 222 g/mol. The van der Waals surface area contributed by atoms with Gasteiger partial charge in [-0.2, -0.15) is 0 Å². The minimum atomic E-state index is -0.0281. The highest BCUT2D eigenvalue weighted by Crippen LogP contribution is 2.25. The lowest BCUT2D eigenvalue weighted by Crippen LogP contribution is -2.35. The quantitative estimate of drug-likeness (QED) is 0.846. The van der Waals surface area contributed by atoms with Crippen LogP contribution >= 0.6 is 0 Å². The molecule has 1 unspecified atom stereocenters. The van der Waals surface area contributed by atoms with E-state index >= 15 is 0 Å². The minimum Gasteiger partial charge on any atom is -0.355 e. The topological polar surface area (TPSA) is 29.1 Å². The number of hydrogen-bond acceptors (Lipinski definition) is 1. The summed E-state index contributed by atoms with van der Waals surface area (Å²) in [5, 5.41) is 2.89. The van der Waals surface area contributed by atoms with Crippen molar-refractivity contribution in [1.29, 1.82) is 0 Å². The second-order valence-electron chi connectivity index (χ2n) is 5.72. The molecule has 1 amide bonds. The van der Waals surface area contributed by atoms with Crippen LogP contribution in [0.3, 0.4) is 0 Å². The van der Waals surface area contributed by atoms with E-state index in [9.17, 15) is 4.79 Å². The van der Waals surface area contributed by atoms with Gasteiger partial charge in [-0.1, -0.05) is 52.0 Å². The van der Waals surface area contributed by atoms with Crippen LogP contribution < -0.4 is 5.32 Å². The molecule has 1 aromatic carbocycles. The van der Waals surface area contributed by atoms with Gasteiger partial charge in [0, 0.05) is 18.9 Å². The van der Waals surface area contributed by atoms with Crippen molar-refractivity contribution in [2.75, 3.05) is 6.54 Å². The van der Waals surface area contributed by atoms with Gasteiger partial charge in [-0.05, 0) is 23.5 Å².